The van der Waals surface area contributed by atoms with E-state index in [9.17, 15) is 18.0 Å². The maximum atomic E-state index is 14.3. The van der Waals surface area contributed by atoms with Crippen molar-refractivity contribution >= 4 is 44.8 Å². The fraction of sp³-hybridized carbons (Fsp3) is 0.212. The second-order valence-corrected chi connectivity index (χ2v) is 12.6. The fourth-order valence-corrected chi connectivity index (χ4v) is 6.69. The lowest BCUT2D eigenvalue weighted by molar-refractivity contribution is -0.128. The van der Waals surface area contributed by atoms with Gasteiger partial charge in [-0.05, 0) is 66.9 Å². The molecule has 1 atom stereocenters. The van der Waals surface area contributed by atoms with Crippen LogP contribution in [-0.4, -0.2) is 46.5 Å². The van der Waals surface area contributed by atoms with Crippen LogP contribution in [0.1, 0.15) is 16.7 Å². The number of halogens is 1. The van der Waals surface area contributed by atoms with E-state index in [4.69, 9.17) is 21.1 Å². The molecule has 5 rings (SSSR count). The second kappa shape index (κ2) is 13.0. The van der Waals surface area contributed by atoms with Crippen molar-refractivity contribution in [3.8, 4) is 11.5 Å². The maximum Gasteiger partial charge on any atom is 0.268 e. The zero-order valence-corrected chi connectivity index (χ0v) is 26.1. The molecule has 0 spiro atoms. The zero-order valence-electron chi connectivity index (χ0n) is 24.5. The molecule has 228 valence electrons. The Labute approximate surface area is 262 Å². The molecule has 4 aromatic carbocycles. The van der Waals surface area contributed by atoms with Crippen molar-refractivity contribution in [3.63, 3.8) is 0 Å². The molecule has 1 N–H and O–H groups in total. The minimum Gasteiger partial charge on any atom is -0.495 e. The van der Waals surface area contributed by atoms with E-state index < -0.39 is 34.5 Å². The Morgan fingerprint density at radius 1 is 1.00 bits per heavy atom. The quantitative estimate of drug-likeness (QED) is 0.269. The molecule has 1 aliphatic rings. The first kappa shape index (κ1) is 30.9. The zero-order chi connectivity index (χ0) is 31.4. The third-order valence-corrected chi connectivity index (χ3v) is 9.49. The van der Waals surface area contributed by atoms with Crippen LogP contribution in [0.3, 0.4) is 0 Å². The molecule has 1 heterocycles. The van der Waals surface area contributed by atoms with Gasteiger partial charge in [0.25, 0.3) is 15.9 Å². The summed E-state index contributed by atoms with van der Waals surface area (Å²) in [4.78, 5) is 28.6. The van der Waals surface area contributed by atoms with Gasteiger partial charge in [-0.3, -0.25) is 13.9 Å². The van der Waals surface area contributed by atoms with Crippen LogP contribution in [0.15, 0.2) is 95.9 Å². The molecule has 0 saturated heterocycles. The summed E-state index contributed by atoms with van der Waals surface area (Å²) in [6.45, 7) is 3.16. The van der Waals surface area contributed by atoms with E-state index in [0.717, 1.165) is 15.4 Å². The topological polar surface area (TPSA) is 105 Å². The third kappa shape index (κ3) is 6.51. The minimum absolute atomic E-state index is 0.0926. The van der Waals surface area contributed by atoms with E-state index in [0.29, 0.717) is 22.0 Å². The first-order valence-corrected chi connectivity index (χ1v) is 15.7. The fourth-order valence-electron chi connectivity index (χ4n) is 4.87. The van der Waals surface area contributed by atoms with Gasteiger partial charge in [0.05, 0.1) is 25.0 Å². The molecule has 0 fully saturated rings. The molecule has 0 saturated carbocycles. The average molecular weight is 634 g/mol. The van der Waals surface area contributed by atoms with Gasteiger partial charge >= 0.3 is 0 Å². The number of hydrogen-bond acceptors (Lipinski definition) is 6. The molecule has 1 aliphatic heterocycles. The Morgan fingerprint density at radius 3 is 2.45 bits per heavy atom. The first-order chi connectivity index (χ1) is 21.1. The van der Waals surface area contributed by atoms with E-state index in [1.54, 1.807) is 62.4 Å². The standard InChI is InChI=1S/C33H32ClN3O6S/c1-22-13-16-29(42-3)31(17-22)44(40,41)37(25-15-14-23(2)26(34)18-25)21-32(38)36-20-30(43-28-12-8-7-11-27(28)36)33(39)35-19-24-9-5-4-6-10-24/h4-18,30H,19-21H2,1-3H3,(H,35,39)/t30-/m0/s1. The van der Waals surface area contributed by atoms with Crippen molar-refractivity contribution < 1.29 is 27.5 Å². The van der Waals surface area contributed by atoms with Crippen molar-refractivity contribution in [3.05, 3.63) is 113 Å². The number of sulfonamides is 1. The Morgan fingerprint density at radius 2 is 1.73 bits per heavy atom. The molecule has 4 aromatic rings. The molecule has 2 amide bonds. The van der Waals surface area contributed by atoms with Gasteiger partial charge in [-0.2, -0.15) is 0 Å². The van der Waals surface area contributed by atoms with Crippen molar-refractivity contribution in [1.29, 1.82) is 0 Å². The van der Waals surface area contributed by atoms with E-state index in [1.165, 1.54) is 24.1 Å². The normalized spacial score (nSPS) is 14.3. The summed E-state index contributed by atoms with van der Waals surface area (Å²) in [5, 5.41) is 3.21. The second-order valence-electron chi connectivity index (χ2n) is 10.4. The lowest BCUT2D eigenvalue weighted by Crippen LogP contribution is -2.53. The predicted octanol–water partition coefficient (Wildman–Crippen LogP) is 5.27. The molecule has 9 nitrogen and oxygen atoms in total. The predicted molar refractivity (Wildman–Crippen MR) is 170 cm³/mol. The highest BCUT2D eigenvalue weighted by Crippen LogP contribution is 2.36. The number of anilines is 2. The van der Waals surface area contributed by atoms with Crippen LogP contribution in [0.25, 0.3) is 0 Å². The van der Waals surface area contributed by atoms with Gasteiger partial charge in [-0.25, -0.2) is 8.42 Å². The van der Waals surface area contributed by atoms with Crippen LogP contribution < -0.4 is 24.0 Å². The smallest absolute Gasteiger partial charge is 0.268 e. The van der Waals surface area contributed by atoms with Gasteiger partial charge in [0.15, 0.2) is 6.10 Å². The molecule has 11 heteroatoms. The van der Waals surface area contributed by atoms with Gasteiger partial charge in [-0.1, -0.05) is 66.2 Å². The summed E-state index contributed by atoms with van der Waals surface area (Å²) >= 11 is 6.42. The van der Waals surface area contributed by atoms with Crippen LogP contribution in [0.4, 0.5) is 11.4 Å². The number of amides is 2. The van der Waals surface area contributed by atoms with Crippen molar-refractivity contribution in [2.45, 2.75) is 31.4 Å². The SMILES string of the molecule is COc1ccc(C)cc1S(=O)(=O)N(CC(=O)N1C[C@@H](C(=O)NCc2ccccc2)Oc2ccccc21)c1ccc(C)c(Cl)c1. The largest absolute Gasteiger partial charge is 0.495 e. The number of hydrogen-bond donors (Lipinski definition) is 1. The highest BCUT2D eigenvalue weighted by molar-refractivity contribution is 7.93. The minimum atomic E-state index is -4.34. The van der Waals surface area contributed by atoms with Gasteiger partial charge < -0.3 is 19.7 Å². The molecule has 0 radical (unpaired) electrons. The molecular weight excluding hydrogens is 602 g/mol. The van der Waals surface area contributed by atoms with Gasteiger partial charge in [0.2, 0.25) is 5.91 Å². The molecule has 0 bridgehead atoms. The molecule has 0 aliphatic carbocycles. The molecule has 0 aromatic heterocycles. The van der Waals surface area contributed by atoms with Gasteiger partial charge in [0, 0.05) is 11.6 Å². The van der Waals surface area contributed by atoms with E-state index in [2.05, 4.69) is 5.32 Å². The van der Waals surface area contributed by atoms with Crippen molar-refractivity contribution in [2.75, 3.05) is 29.4 Å². The Balaban J connectivity index is 1.48. The number of benzene rings is 4. The number of fused-ring (bicyclic) bond motifs is 1. The number of nitrogens with one attached hydrogen (secondary N) is 1. The summed E-state index contributed by atoms with van der Waals surface area (Å²) in [6.07, 6.45) is -1.02. The number of carbonyl (C=O) groups excluding carboxylic acids is 2. The number of para-hydroxylation sites is 2. The average Bonchev–Trinajstić information content (AvgIpc) is 3.03. The number of methoxy groups -OCH3 is 1. The Bertz CT molecular complexity index is 1800. The summed E-state index contributed by atoms with van der Waals surface area (Å²) in [5.41, 5.74) is 2.99. The van der Waals surface area contributed by atoms with Crippen molar-refractivity contribution in [2.24, 2.45) is 0 Å². The number of nitrogens with zero attached hydrogens (tertiary/aromatic N) is 2. The van der Waals surface area contributed by atoms with Crippen LogP contribution in [0.5, 0.6) is 11.5 Å². The Hall–Kier alpha value is -4.54. The summed E-state index contributed by atoms with van der Waals surface area (Å²) in [6, 6.07) is 25.9. The van der Waals surface area contributed by atoms with Gasteiger partial charge in [-0.15, -0.1) is 0 Å². The van der Waals surface area contributed by atoms with Crippen LogP contribution in [0, 0.1) is 13.8 Å². The van der Waals surface area contributed by atoms with E-state index in [1.807, 2.05) is 30.3 Å². The summed E-state index contributed by atoms with van der Waals surface area (Å²) < 4.78 is 40.9. The summed E-state index contributed by atoms with van der Waals surface area (Å²) in [7, 11) is -2.95. The summed E-state index contributed by atoms with van der Waals surface area (Å²) in [5.74, 6) is -0.493. The Kier molecular flexibility index (Phi) is 9.12. The van der Waals surface area contributed by atoms with Crippen molar-refractivity contribution in [1.82, 2.24) is 5.32 Å². The van der Waals surface area contributed by atoms with E-state index >= 15 is 0 Å². The molecule has 44 heavy (non-hydrogen) atoms. The van der Waals surface area contributed by atoms with Gasteiger partial charge in [0.1, 0.15) is 22.9 Å². The first-order valence-electron chi connectivity index (χ1n) is 13.9. The molecule has 0 unspecified atom stereocenters. The van der Waals surface area contributed by atoms with Crippen LogP contribution in [-0.2, 0) is 26.2 Å². The van der Waals surface area contributed by atoms with Crippen LogP contribution >= 0.6 is 11.6 Å². The number of carbonyl (C=O) groups is 2. The highest BCUT2D eigenvalue weighted by Gasteiger charge is 2.37. The lowest BCUT2D eigenvalue weighted by atomic mass is 10.1. The third-order valence-electron chi connectivity index (χ3n) is 7.29. The number of aryl methyl sites for hydroxylation is 2. The molecular formula is C33H32ClN3O6S. The lowest BCUT2D eigenvalue weighted by Gasteiger charge is -2.35. The number of rotatable bonds is 9. The maximum absolute atomic E-state index is 14.3. The van der Waals surface area contributed by atoms with Crippen LogP contribution in [0.2, 0.25) is 5.02 Å². The monoisotopic (exact) mass is 633 g/mol. The number of ether oxygens (including phenoxy) is 2. The highest BCUT2D eigenvalue weighted by atomic mass is 35.5. The van der Waals surface area contributed by atoms with E-state index in [-0.39, 0.29) is 29.4 Å².